The number of carbonyl (C=O) groups excluding carboxylic acids is 2. The van der Waals surface area contributed by atoms with E-state index in [9.17, 15) is 9.59 Å². The first kappa shape index (κ1) is 17.0. The van der Waals surface area contributed by atoms with E-state index in [0.717, 1.165) is 18.5 Å². The molecule has 0 radical (unpaired) electrons. The lowest BCUT2D eigenvalue weighted by molar-refractivity contribution is -0.121. The summed E-state index contributed by atoms with van der Waals surface area (Å²) < 4.78 is 5.22. The second-order valence-corrected chi connectivity index (χ2v) is 6.08. The van der Waals surface area contributed by atoms with Crippen LogP contribution < -0.4 is 14.5 Å². The van der Waals surface area contributed by atoms with Crippen LogP contribution in [0.5, 0.6) is 5.75 Å². The smallest absolute Gasteiger partial charge is 0.247 e. The lowest BCUT2D eigenvalue weighted by Crippen LogP contribution is -2.44. The van der Waals surface area contributed by atoms with Crippen molar-refractivity contribution in [1.82, 2.24) is 0 Å². The van der Waals surface area contributed by atoms with E-state index in [4.69, 9.17) is 4.74 Å². The van der Waals surface area contributed by atoms with Crippen LogP contribution in [0.2, 0.25) is 0 Å². The van der Waals surface area contributed by atoms with Crippen LogP contribution in [0.4, 0.5) is 11.4 Å². The molecule has 5 nitrogen and oxygen atoms in total. The lowest BCUT2D eigenvalue weighted by atomic mass is 10.0. The number of nitrogens with zero attached hydrogens (tertiary/aromatic N) is 2. The van der Waals surface area contributed by atoms with E-state index in [1.807, 2.05) is 30.3 Å². The highest BCUT2D eigenvalue weighted by Crippen LogP contribution is 2.27. The molecule has 0 aromatic heterocycles. The van der Waals surface area contributed by atoms with Crippen molar-refractivity contribution in [3.05, 3.63) is 54.1 Å². The van der Waals surface area contributed by atoms with Crippen molar-refractivity contribution in [3.8, 4) is 5.75 Å². The molecule has 2 aromatic rings. The molecule has 0 bridgehead atoms. The fourth-order valence-corrected chi connectivity index (χ4v) is 3.18. The molecule has 1 aliphatic heterocycles. The monoisotopic (exact) mass is 338 g/mol. The number of ether oxygens (including phenoxy) is 1. The Balaban J connectivity index is 1.84. The SMILES string of the molecule is COc1cccc(N(CC(=O)N2CCCc3ccccc32)C(C)=O)c1. The number of carbonyl (C=O) groups is 2. The first-order chi connectivity index (χ1) is 12.1. The summed E-state index contributed by atoms with van der Waals surface area (Å²) >= 11 is 0. The van der Waals surface area contributed by atoms with Gasteiger partial charge in [-0.05, 0) is 36.6 Å². The number of methoxy groups -OCH3 is 1. The van der Waals surface area contributed by atoms with Gasteiger partial charge in [0.05, 0.1) is 7.11 Å². The zero-order valence-electron chi connectivity index (χ0n) is 14.6. The number of hydrogen-bond donors (Lipinski definition) is 0. The predicted octanol–water partition coefficient (Wildman–Crippen LogP) is 3.03. The Hall–Kier alpha value is -2.82. The standard InChI is InChI=1S/C20H22N2O3/c1-15(23)22(17-9-5-10-18(13-17)25-2)14-20(24)21-12-6-8-16-7-3-4-11-19(16)21/h3-5,7,9-11,13H,6,8,12,14H2,1-2H3. The fraction of sp³-hybridized carbons (Fsp3) is 0.300. The summed E-state index contributed by atoms with van der Waals surface area (Å²) in [6.07, 6.45) is 1.91. The van der Waals surface area contributed by atoms with Crippen LogP contribution in [0.15, 0.2) is 48.5 Å². The summed E-state index contributed by atoms with van der Waals surface area (Å²) in [6.45, 7) is 2.16. The van der Waals surface area contributed by atoms with E-state index in [-0.39, 0.29) is 18.4 Å². The zero-order valence-corrected chi connectivity index (χ0v) is 14.6. The molecule has 0 atom stereocenters. The Labute approximate surface area is 147 Å². The molecule has 5 heteroatoms. The van der Waals surface area contributed by atoms with Crippen LogP contribution in [0.3, 0.4) is 0 Å². The molecule has 0 spiro atoms. The van der Waals surface area contributed by atoms with Gasteiger partial charge in [0, 0.05) is 30.9 Å². The largest absolute Gasteiger partial charge is 0.497 e. The molecule has 25 heavy (non-hydrogen) atoms. The summed E-state index contributed by atoms with van der Waals surface area (Å²) in [5.41, 5.74) is 2.79. The van der Waals surface area contributed by atoms with E-state index >= 15 is 0 Å². The van der Waals surface area contributed by atoms with Crippen molar-refractivity contribution in [1.29, 1.82) is 0 Å². The van der Waals surface area contributed by atoms with E-state index in [1.165, 1.54) is 17.4 Å². The molecule has 130 valence electrons. The minimum Gasteiger partial charge on any atom is -0.497 e. The van der Waals surface area contributed by atoms with Gasteiger partial charge >= 0.3 is 0 Å². The summed E-state index contributed by atoms with van der Waals surface area (Å²) in [6, 6.07) is 15.1. The summed E-state index contributed by atoms with van der Waals surface area (Å²) in [4.78, 5) is 28.3. The third-order valence-electron chi connectivity index (χ3n) is 4.45. The third kappa shape index (κ3) is 3.65. The summed E-state index contributed by atoms with van der Waals surface area (Å²) in [5.74, 6) is 0.400. The average molecular weight is 338 g/mol. The maximum absolute atomic E-state index is 12.9. The zero-order chi connectivity index (χ0) is 17.8. The van der Waals surface area contributed by atoms with E-state index in [2.05, 4.69) is 6.07 Å². The number of fused-ring (bicyclic) bond motifs is 1. The van der Waals surface area contributed by atoms with Crippen LogP contribution in [-0.2, 0) is 16.0 Å². The Bertz CT molecular complexity index is 788. The first-order valence-corrected chi connectivity index (χ1v) is 8.40. The van der Waals surface area contributed by atoms with Gasteiger partial charge in [-0.1, -0.05) is 24.3 Å². The number of rotatable bonds is 4. The predicted molar refractivity (Wildman–Crippen MR) is 98.1 cm³/mol. The summed E-state index contributed by atoms with van der Waals surface area (Å²) in [7, 11) is 1.58. The van der Waals surface area contributed by atoms with Gasteiger partial charge in [0.25, 0.3) is 0 Å². The molecule has 0 saturated carbocycles. The fourth-order valence-electron chi connectivity index (χ4n) is 3.18. The third-order valence-corrected chi connectivity index (χ3v) is 4.45. The molecular formula is C20H22N2O3. The highest BCUT2D eigenvalue weighted by molar-refractivity contribution is 6.03. The van der Waals surface area contributed by atoms with Gasteiger partial charge in [0.15, 0.2) is 0 Å². The van der Waals surface area contributed by atoms with Crippen LogP contribution in [0, 0.1) is 0 Å². The number of aryl methyl sites for hydroxylation is 1. The molecule has 0 aliphatic carbocycles. The second-order valence-electron chi connectivity index (χ2n) is 6.08. The number of amides is 2. The molecule has 0 unspecified atom stereocenters. The van der Waals surface area contributed by atoms with Crippen LogP contribution in [-0.4, -0.2) is 32.0 Å². The molecule has 0 N–H and O–H groups in total. The number of benzene rings is 2. The minimum atomic E-state index is -0.174. The van der Waals surface area contributed by atoms with E-state index < -0.39 is 0 Å². The second kappa shape index (κ2) is 7.38. The van der Waals surface area contributed by atoms with Crippen molar-refractivity contribution >= 4 is 23.2 Å². The van der Waals surface area contributed by atoms with Gasteiger partial charge in [0.1, 0.15) is 12.3 Å². The Kier molecular flexibility index (Phi) is 5.03. The molecule has 1 aliphatic rings. The molecule has 1 heterocycles. The highest BCUT2D eigenvalue weighted by atomic mass is 16.5. The molecule has 0 saturated heterocycles. The van der Waals surface area contributed by atoms with Gasteiger partial charge < -0.3 is 14.5 Å². The van der Waals surface area contributed by atoms with Gasteiger partial charge in [0.2, 0.25) is 11.8 Å². The van der Waals surface area contributed by atoms with Crippen LogP contribution in [0.25, 0.3) is 0 Å². The molecule has 2 aromatic carbocycles. The van der Waals surface area contributed by atoms with E-state index in [1.54, 1.807) is 24.1 Å². The van der Waals surface area contributed by atoms with Gasteiger partial charge in [-0.25, -0.2) is 0 Å². The number of anilines is 2. The van der Waals surface area contributed by atoms with Crippen LogP contribution in [0.1, 0.15) is 18.9 Å². The van der Waals surface area contributed by atoms with Crippen molar-refractivity contribution < 1.29 is 14.3 Å². The maximum Gasteiger partial charge on any atom is 0.247 e. The van der Waals surface area contributed by atoms with Crippen molar-refractivity contribution in [2.24, 2.45) is 0 Å². The minimum absolute atomic E-state index is 0.0107. The molecule has 2 amide bonds. The lowest BCUT2D eigenvalue weighted by Gasteiger charge is -2.31. The molecule has 0 fully saturated rings. The van der Waals surface area contributed by atoms with E-state index in [0.29, 0.717) is 18.0 Å². The van der Waals surface area contributed by atoms with Crippen molar-refractivity contribution in [2.75, 3.05) is 30.0 Å². The molecular weight excluding hydrogens is 316 g/mol. The van der Waals surface area contributed by atoms with Gasteiger partial charge in [-0.3, -0.25) is 9.59 Å². The van der Waals surface area contributed by atoms with Gasteiger partial charge in [-0.2, -0.15) is 0 Å². The quantitative estimate of drug-likeness (QED) is 0.861. The highest BCUT2D eigenvalue weighted by Gasteiger charge is 2.25. The number of para-hydroxylation sites is 1. The van der Waals surface area contributed by atoms with Crippen molar-refractivity contribution in [3.63, 3.8) is 0 Å². The van der Waals surface area contributed by atoms with Crippen LogP contribution >= 0.6 is 0 Å². The van der Waals surface area contributed by atoms with Crippen molar-refractivity contribution in [2.45, 2.75) is 19.8 Å². The molecule has 3 rings (SSSR count). The number of hydrogen-bond acceptors (Lipinski definition) is 3. The Morgan fingerprint density at radius 3 is 2.72 bits per heavy atom. The average Bonchev–Trinajstić information content (AvgIpc) is 2.65. The normalized spacial score (nSPS) is 13.1. The maximum atomic E-state index is 12.9. The summed E-state index contributed by atoms with van der Waals surface area (Å²) in [5, 5.41) is 0. The van der Waals surface area contributed by atoms with Gasteiger partial charge in [-0.15, -0.1) is 0 Å². The Morgan fingerprint density at radius 1 is 1.16 bits per heavy atom. The topological polar surface area (TPSA) is 49.9 Å². The Morgan fingerprint density at radius 2 is 1.96 bits per heavy atom. The first-order valence-electron chi connectivity index (χ1n) is 8.40.